The summed E-state index contributed by atoms with van der Waals surface area (Å²) >= 11 is 0. The second-order valence-corrected chi connectivity index (χ2v) is 5.40. The Hall–Kier alpha value is -2.28. The van der Waals surface area contributed by atoms with E-state index in [1.54, 1.807) is 6.07 Å². The van der Waals surface area contributed by atoms with Crippen molar-refractivity contribution in [2.45, 2.75) is 32.2 Å². The fourth-order valence-electron chi connectivity index (χ4n) is 2.80. The minimum Gasteiger partial charge on any atom is -0.451 e. The number of nitriles is 1. The normalized spacial score (nSPS) is 21.8. The van der Waals surface area contributed by atoms with Crippen LogP contribution < -0.4 is 5.32 Å². The summed E-state index contributed by atoms with van der Waals surface area (Å²) in [6.45, 7) is 2.00. The molecule has 1 aliphatic rings. The van der Waals surface area contributed by atoms with Gasteiger partial charge in [-0.1, -0.05) is 11.6 Å². The lowest BCUT2D eigenvalue weighted by Crippen LogP contribution is -2.36. The number of carbonyl (C=O) groups excluding carboxylic acids is 1. The van der Waals surface area contributed by atoms with Crippen LogP contribution in [0.1, 0.15) is 35.4 Å². The third-order valence-electron chi connectivity index (χ3n) is 3.89. The summed E-state index contributed by atoms with van der Waals surface area (Å²) in [6, 6.07) is 9.78. The maximum absolute atomic E-state index is 12.2. The molecule has 0 saturated heterocycles. The standard InChI is InChI=1S/C16H16N2O2/c1-10-5-6-14-12(7-10)8-15(20-14)16(19)18-13-4-2-3-11(13)9-17/h5-8,11,13H,2-4H2,1H3,(H,18,19). The highest BCUT2D eigenvalue weighted by atomic mass is 16.3. The molecule has 0 spiro atoms. The lowest BCUT2D eigenvalue weighted by molar-refractivity contribution is 0.0907. The molecule has 1 saturated carbocycles. The fraction of sp³-hybridized carbons (Fsp3) is 0.375. The third kappa shape index (κ3) is 2.27. The van der Waals surface area contributed by atoms with Gasteiger partial charge in [0.2, 0.25) is 0 Å². The molecule has 0 aliphatic heterocycles. The molecule has 1 aliphatic carbocycles. The summed E-state index contributed by atoms with van der Waals surface area (Å²) in [5.74, 6) is 0.00534. The number of hydrogen-bond donors (Lipinski definition) is 1. The molecule has 2 aromatic rings. The summed E-state index contributed by atoms with van der Waals surface area (Å²) in [5.41, 5.74) is 1.84. The number of fused-ring (bicyclic) bond motifs is 1. The van der Waals surface area contributed by atoms with E-state index in [4.69, 9.17) is 9.68 Å². The Morgan fingerprint density at radius 1 is 1.40 bits per heavy atom. The monoisotopic (exact) mass is 268 g/mol. The highest BCUT2D eigenvalue weighted by Crippen LogP contribution is 2.26. The molecule has 1 aromatic heterocycles. The number of hydrogen-bond acceptors (Lipinski definition) is 3. The zero-order chi connectivity index (χ0) is 14.1. The smallest absolute Gasteiger partial charge is 0.287 e. The van der Waals surface area contributed by atoms with Gasteiger partial charge in [-0.3, -0.25) is 4.79 Å². The number of furan rings is 1. The van der Waals surface area contributed by atoms with Crippen molar-refractivity contribution < 1.29 is 9.21 Å². The molecule has 1 aromatic carbocycles. The first-order chi connectivity index (χ1) is 9.67. The van der Waals surface area contributed by atoms with Crippen molar-refractivity contribution in [3.63, 3.8) is 0 Å². The third-order valence-corrected chi connectivity index (χ3v) is 3.89. The van der Waals surface area contributed by atoms with Crippen LogP contribution in [0.2, 0.25) is 0 Å². The first-order valence-electron chi connectivity index (χ1n) is 6.88. The van der Waals surface area contributed by atoms with Crippen molar-refractivity contribution in [1.82, 2.24) is 5.32 Å². The Bertz CT molecular complexity index is 696. The second kappa shape index (κ2) is 5.01. The minimum absolute atomic E-state index is 0.0533. The van der Waals surface area contributed by atoms with Gasteiger partial charge in [0.15, 0.2) is 5.76 Å². The molecule has 4 heteroatoms. The van der Waals surface area contributed by atoms with Crippen LogP contribution in [0.3, 0.4) is 0 Å². The van der Waals surface area contributed by atoms with Crippen LogP contribution in [0.15, 0.2) is 28.7 Å². The van der Waals surface area contributed by atoms with E-state index in [0.29, 0.717) is 11.3 Å². The molecule has 2 unspecified atom stereocenters. The van der Waals surface area contributed by atoms with E-state index in [1.807, 2.05) is 25.1 Å². The molecule has 0 bridgehead atoms. The van der Waals surface area contributed by atoms with Crippen molar-refractivity contribution in [2.24, 2.45) is 5.92 Å². The van der Waals surface area contributed by atoms with Gasteiger partial charge in [0.25, 0.3) is 5.91 Å². The molecule has 20 heavy (non-hydrogen) atoms. The number of nitrogens with one attached hydrogen (secondary N) is 1. The maximum Gasteiger partial charge on any atom is 0.287 e. The second-order valence-electron chi connectivity index (χ2n) is 5.40. The van der Waals surface area contributed by atoms with Crippen LogP contribution in [0.5, 0.6) is 0 Å². The Kier molecular flexibility index (Phi) is 3.19. The van der Waals surface area contributed by atoms with Crippen LogP contribution in [-0.4, -0.2) is 11.9 Å². The molecule has 1 amide bonds. The van der Waals surface area contributed by atoms with E-state index in [0.717, 1.165) is 30.2 Å². The van der Waals surface area contributed by atoms with Crippen molar-refractivity contribution in [2.75, 3.05) is 0 Å². The summed E-state index contributed by atoms with van der Waals surface area (Å²) in [4.78, 5) is 12.2. The van der Waals surface area contributed by atoms with Crippen molar-refractivity contribution in [1.29, 1.82) is 5.26 Å². The van der Waals surface area contributed by atoms with Gasteiger partial charge in [-0.2, -0.15) is 5.26 Å². The van der Waals surface area contributed by atoms with Gasteiger partial charge >= 0.3 is 0 Å². The van der Waals surface area contributed by atoms with E-state index >= 15 is 0 Å². The van der Waals surface area contributed by atoms with E-state index in [-0.39, 0.29) is 17.9 Å². The minimum atomic E-state index is -0.231. The molecular weight excluding hydrogens is 252 g/mol. The van der Waals surface area contributed by atoms with Crippen LogP contribution in [0, 0.1) is 24.2 Å². The highest BCUT2D eigenvalue weighted by molar-refractivity contribution is 5.96. The van der Waals surface area contributed by atoms with Gasteiger partial charge in [-0.25, -0.2) is 0 Å². The molecule has 4 nitrogen and oxygen atoms in total. The zero-order valence-electron chi connectivity index (χ0n) is 11.3. The van der Waals surface area contributed by atoms with Gasteiger partial charge in [0, 0.05) is 11.4 Å². The number of carbonyl (C=O) groups is 1. The first kappa shape index (κ1) is 12.7. The van der Waals surface area contributed by atoms with Gasteiger partial charge < -0.3 is 9.73 Å². The predicted molar refractivity (Wildman–Crippen MR) is 75.2 cm³/mol. The molecule has 2 atom stereocenters. The number of benzene rings is 1. The lowest BCUT2D eigenvalue weighted by atomic mass is 10.1. The highest BCUT2D eigenvalue weighted by Gasteiger charge is 2.29. The molecule has 102 valence electrons. The van der Waals surface area contributed by atoms with Crippen LogP contribution >= 0.6 is 0 Å². The number of amides is 1. The summed E-state index contributed by atoms with van der Waals surface area (Å²) in [7, 11) is 0. The van der Waals surface area contributed by atoms with Crippen LogP contribution in [-0.2, 0) is 0 Å². The molecular formula is C16H16N2O2. The van der Waals surface area contributed by atoms with E-state index in [1.165, 1.54) is 0 Å². The fourth-order valence-corrected chi connectivity index (χ4v) is 2.80. The Labute approximate surface area is 117 Å². The van der Waals surface area contributed by atoms with Crippen molar-refractivity contribution >= 4 is 16.9 Å². The topological polar surface area (TPSA) is 66.0 Å². The Balaban J connectivity index is 1.80. The average molecular weight is 268 g/mol. The van der Waals surface area contributed by atoms with Crippen LogP contribution in [0.4, 0.5) is 0 Å². The van der Waals surface area contributed by atoms with Gasteiger partial charge in [-0.15, -0.1) is 0 Å². The SMILES string of the molecule is Cc1ccc2oc(C(=O)NC3CCCC3C#N)cc2c1. The largest absolute Gasteiger partial charge is 0.451 e. The van der Waals surface area contributed by atoms with Crippen molar-refractivity contribution in [3.8, 4) is 6.07 Å². The van der Waals surface area contributed by atoms with Gasteiger partial charge in [0.05, 0.1) is 12.0 Å². The summed E-state index contributed by atoms with van der Waals surface area (Å²) in [5, 5.41) is 12.9. The maximum atomic E-state index is 12.2. The Morgan fingerprint density at radius 2 is 2.25 bits per heavy atom. The lowest BCUT2D eigenvalue weighted by Gasteiger charge is -2.14. The molecule has 0 radical (unpaired) electrons. The molecule has 1 N–H and O–H groups in total. The average Bonchev–Trinajstić information content (AvgIpc) is 3.04. The summed E-state index contributed by atoms with van der Waals surface area (Å²) in [6.07, 6.45) is 2.71. The zero-order valence-corrected chi connectivity index (χ0v) is 11.3. The molecule has 1 heterocycles. The first-order valence-corrected chi connectivity index (χ1v) is 6.88. The Morgan fingerprint density at radius 3 is 3.05 bits per heavy atom. The summed E-state index contributed by atoms with van der Waals surface area (Å²) < 4.78 is 5.57. The van der Waals surface area contributed by atoms with E-state index < -0.39 is 0 Å². The number of nitrogens with zero attached hydrogens (tertiary/aromatic N) is 1. The number of aryl methyl sites for hydroxylation is 1. The van der Waals surface area contributed by atoms with E-state index in [2.05, 4.69) is 11.4 Å². The number of rotatable bonds is 2. The molecule has 3 rings (SSSR count). The van der Waals surface area contributed by atoms with Gasteiger partial charge in [0.1, 0.15) is 5.58 Å². The molecule has 1 fully saturated rings. The van der Waals surface area contributed by atoms with Crippen LogP contribution in [0.25, 0.3) is 11.0 Å². The quantitative estimate of drug-likeness (QED) is 0.909. The van der Waals surface area contributed by atoms with Gasteiger partial charge in [-0.05, 0) is 44.4 Å². The predicted octanol–water partition coefficient (Wildman–Crippen LogP) is 3.16. The van der Waals surface area contributed by atoms with E-state index in [9.17, 15) is 4.79 Å². The van der Waals surface area contributed by atoms with Crippen molar-refractivity contribution in [3.05, 3.63) is 35.6 Å².